The third kappa shape index (κ3) is 5.63. The van der Waals surface area contributed by atoms with Crippen LogP contribution in [0.4, 0.5) is 5.69 Å². The van der Waals surface area contributed by atoms with Gasteiger partial charge in [-0.25, -0.2) is 4.99 Å². The number of rotatable bonds is 4. The lowest BCUT2D eigenvalue weighted by Gasteiger charge is -2.33. The molecule has 1 fully saturated rings. The normalized spacial score (nSPS) is 18.3. The summed E-state index contributed by atoms with van der Waals surface area (Å²) in [5.74, 6) is 1.51. The van der Waals surface area contributed by atoms with E-state index >= 15 is 0 Å². The molecule has 0 bridgehead atoms. The Labute approximate surface area is 154 Å². The number of nitrogens with zero attached hydrogens (tertiary/aromatic N) is 3. The van der Waals surface area contributed by atoms with E-state index in [4.69, 9.17) is 0 Å². The smallest absolute Gasteiger partial charge is 0.274 e. The van der Waals surface area contributed by atoms with E-state index in [1.165, 1.54) is 12.5 Å². The zero-order valence-corrected chi connectivity index (χ0v) is 16.0. The van der Waals surface area contributed by atoms with E-state index in [2.05, 4.69) is 22.1 Å². The largest absolute Gasteiger partial charge is 0.357 e. The summed E-state index contributed by atoms with van der Waals surface area (Å²) in [5.41, 5.74) is 0.780. The summed E-state index contributed by atoms with van der Waals surface area (Å²) in [7, 11) is 0. The highest BCUT2D eigenvalue weighted by Gasteiger charge is 2.19. The van der Waals surface area contributed by atoms with E-state index in [1.54, 1.807) is 12.1 Å². The first-order valence-electron chi connectivity index (χ1n) is 7.87. The molecule has 0 aromatic heterocycles. The molecule has 2 rings (SSSR count). The van der Waals surface area contributed by atoms with Crippen molar-refractivity contribution >= 4 is 35.6 Å². The van der Waals surface area contributed by atoms with E-state index in [0.29, 0.717) is 18.0 Å². The fourth-order valence-electron chi connectivity index (χ4n) is 2.79. The van der Waals surface area contributed by atoms with Crippen LogP contribution < -0.4 is 5.32 Å². The predicted octanol–water partition coefficient (Wildman–Crippen LogP) is 3.41. The minimum atomic E-state index is -0.346. The summed E-state index contributed by atoms with van der Waals surface area (Å²) in [6.45, 7) is 7.38. The number of hydrogen-bond donors (Lipinski definition) is 1. The number of nitro groups is 1. The molecule has 0 spiro atoms. The van der Waals surface area contributed by atoms with Crippen molar-refractivity contribution in [3.05, 3.63) is 39.9 Å². The molecular weight excluding hydrogens is 407 g/mol. The topological polar surface area (TPSA) is 70.8 Å². The number of nitrogens with one attached hydrogen (secondary N) is 1. The summed E-state index contributed by atoms with van der Waals surface area (Å²) in [5, 5.41) is 14.4. The molecule has 0 aliphatic carbocycles. The molecule has 0 radical (unpaired) electrons. The second kappa shape index (κ2) is 9.69. The number of nitro benzene ring substituents is 1. The zero-order valence-electron chi connectivity index (χ0n) is 13.7. The Morgan fingerprint density at radius 2 is 2.22 bits per heavy atom. The average Bonchev–Trinajstić information content (AvgIpc) is 2.51. The molecule has 1 atom stereocenters. The van der Waals surface area contributed by atoms with Gasteiger partial charge in [0, 0.05) is 25.7 Å². The highest BCUT2D eigenvalue weighted by atomic mass is 127. The fourth-order valence-corrected chi connectivity index (χ4v) is 2.79. The molecule has 1 N–H and O–H groups in total. The molecule has 0 saturated carbocycles. The molecule has 128 valence electrons. The first-order valence-corrected chi connectivity index (χ1v) is 7.87. The fraction of sp³-hybridized carbons (Fsp3) is 0.562. The maximum absolute atomic E-state index is 11.1. The van der Waals surface area contributed by atoms with Gasteiger partial charge in [-0.05, 0) is 25.7 Å². The molecule has 0 amide bonds. The molecule has 6 nitrogen and oxygen atoms in total. The van der Waals surface area contributed by atoms with Gasteiger partial charge >= 0.3 is 0 Å². The third-order valence-electron chi connectivity index (χ3n) is 3.88. The van der Waals surface area contributed by atoms with E-state index < -0.39 is 0 Å². The van der Waals surface area contributed by atoms with Crippen LogP contribution in [0.5, 0.6) is 0 Å². The molecule has 1 saturated heterocycles. The minimum absolute atomic E-state index is 0. The summed E-state index contributed by atoms with van der Waals surface area (Å²) in [6, 6.07) is 6.79. The van der Waals surface area contributed by atoms with Crippen molar-refractivity contribution in [1.82, 2.24) is 10.2 Å². The number of halogens is 1. The van der Waals surface area contributed by atoms with E-state index in [0.717, 1.165) is 32.0 Å². The van der Waals surface area contributed by atoms with Crippen LogP contribution in [0.2, 0.25) is 0 Å². The Hall–Kier alpha value is -1.38. The Bertz CT molecular complexity index is 551. The van der Waals surface area contributed by atoms with Crippen molar-refractivity contribution in [2.45, 2.75) is 33.2 Å². The van der Waals surface area contributed by atoms with Crippen LogP contribution in [0.25, 0.3) is 0 Å². The SMILES string of the molecule is CCNC(=NCc1ccccc1[N+](=O)[O-])N1CCCC(C)C1.I. The van der Waals surface area contributed by atoms with Crippen molar-refractivity contribution in [1.29, 1.82) is 0 Å². The van der Waals surface area contributed by atoms with Crippen molar-refractivity contribution in [2.75, 3.05) is 19.6 Å². The van der Waals surface area contributed by atoms with Gasteiger partial charge in [-0.2, -0.15) is 0 Å². The lowest BCUT2D eigenvalue weighted by Crippen LogP contribution is -2.46. The van der Waals surface area contributed by atoms with Gasteiger partial charge in [0.1, 0.15) is 0 Å². The van der Waals surface area contributed by atoms with Crippen molar-refractivity contribution in [3.63, 3.8) is 0 Å². The maximum Gasteiger partial charge on any atom is 0.274 e. The Morgan fingerprint density at radius 3 is 2.87 bits per heavy atom. The van der Waals surface area contributed by atoms with Crippen LogP contribution in [-0.4, -0.2) is 35.4 Å². The monoisotopic (exact) mass is 432 g/mol. The van der Waals surface area contributed by atoms with Gasteiger partial charge in [0.25, 0.3) is 5.69 Å². The van der Waals surface area contributed by atoms with Crippen LogP contribution >= 0.6 is 24.0 Å². The molecular formula is C16H25IN4O2. The van der Waals surface area contributed by atoms with E-state index in [9.17, 15) is 10.1 Å². The van der Waals surface area contributed by atoms with Crippen molar-refractivity contribution in [3.8, 4) is 0 Å². The van der Waals surface area contributed by atoms with Gasteiger partial charge in [-0.3, -0.25) is 10.1 Å². The molecule has 1 heterocycles. The van der Waals surface area contributed by atoms with Crippen molar-refractivity contribution < 1.29 is 4.92 Å². The Kier molecular flexibility index (Phi) is 8.29. The molecule has 1 aliphatic rings. The predicted molar refractivity (Wildman–Crippen MR) is 103 cm³/mol. The number of likely N-dealkylation sites (tertiary alicyclic amines) is 1. The Morgan fingerprint density at radius 1 is 1.48 bits per heavy atom. The average molecular weight is 432 g/mol. The van der Waals surface area contributed by atoms with Gasteiger partial charge < -0.3 is 10.2 Å². The second-order valence-corrected chi connectivity index (χ2v) is 5.75. The molecule has 1 aliphatic heterocycles. The number of guanidine groups is 1. The molecule has 7 heteroatoms. The van der Waals surface area contributed by atoms with Gasteiger partial charge in [0.2, 0.25) is 0 Å². The highest BCUT2D eigenvalue weighted by molar-refractivity contribution is 14.0. The van der Waals surface area contributed by atoms with Crippen LogP contribution in [0.15, 0.2) is 29.3 Å². The summed E-state index contributed by atoms with van der Waals surface area (Å²) in [6.07, 6.45) is 2.41. The lowest BCUT2D eigenvalue weighted by molar-refractivity contribution is -0.385. The summed E-state index contributed by atoms with van der Waals surface area (Å²) >= 11 is 0. The highest BCUT2D eigenvalue weighted by Crippen LogP contribution is 2.19. The number of hydrogen-bond acceptors (Lipinski definition) is 3. The standard InChI is InChI=1S/C16H24N4O2.HI/c1-3-17-16(19-10-6-7-13(2)12-19)18-11-14-8-4-5-9-15(14)20(21)22;/h4-5,8-9,13H,3,6-7,10-12H2,1-2H3,(H,17,18);1H. The van der Waals surface area contributed by atoms with Gasteiger partial charge in [0.15, 0.2) is 5.96 Å². The van der Waals surface area contributed by atoms with Gasteiger partial charge in [0.05, 0.1) is 17.0 Å². The van der Waals surface area contributed by atoms with Gasteiger partial charge in [-0.15, -0.1) is 24.0 Å². The number of aliphatic imine (C=N–C) groups is 1. The minimum Gasteiger partial charge on any atom is -0.357 e. The molecule has 1 aromatic carbocycles. The summed E-state index contributed by atoms with van der Waals surface area (Å²) in [4.78, 5) is 17.6. The molecule has 23 heavy (non-hydrogen) atoms. The Balaban J connectivity index is 0.00000264. The second-order valence-electron chi connectivity index (χ2n) is 5.75. The quantitative estimate of drug-likeness (QED) is 0.260. The van der Waals surface area contributed by atoms with Crippen LogP contribution in [0.1, 0.15) is 32.3 Å². The van der Waals surface area contributed by atoms with E-state index in [1.807, 2.05) is 13.0 Å². The van der Waals surface area contributed by atoms with Crippen LogP contribution in [0, 0.1) is 16.0 Å². The lowest BCUT2D eigenvalue weighted by atomic mass is 10.0. The zero-order chi connectivity index (χ0) is 15.9. The number of benzene rings is 1. The molecule has 1 aromatic rings. The first kappa shape index (κ1) is 19.7. The first-order chi connectivity index (χ1) is 10.6. The summed E-state index contributed by atoms with van der Waals surface area (Å²) < 4.78 is 0. The van der Waals surface area contributed by atoms with Gasteiger partial charge in [-0.1, -0.05) is 25.1 Å². The number of para-hydroxylation sites is 1. The maximum atomic E-state index is 11.1. The van der Waals surface area contributed by atoms with Crippen LogP contribution in [-0.2, 0) is 6.54 Å². The molecule has 1 unspecified atom stereocenters. The number of piperidine rings is 1. The van der Waals surface area contributed by atoms with Crippen LogP contribution in [0.3, 0.4) is 0 Å². The third-order valence-corrected chi connectivity index (χ3v) is 3.88. The van der Waals surface area contributed by atoms with E-state index in [-0.39, 0.29) is 34.6 Å². The van der Waals surface area contributed by atoms with Crippen molar-refractivity contribution in [2.24, 2.45) is 10.9 Å².